The summed E-state index contributed by atoms with van der Waals surface area (Å²) in [6.45, 7) is 9.16. The molecule has 0 radical (unpaired) electrons. The Morgan fingerprint density at radius 2 is 1.79 bits per heavy atom. The van der Waals surface area contributed by atoms with Crippen molar-refractivity contribution in [3.8, 4) is 0 Å². The average molecular weight is 494 g/mol. The van der Waals surface area contributed by atoms with Crippen LogP contribution in [-0.4, -0.2) is 47.8 Å². The fourth-order valence-electron chi connectivity index (χ4n) is 2.96. The number of rotatable bonds is 4. The second kappa shape index (κ2) is 8.98. The zero-order chi connectivity index (χ0) is 20.1. The molecule has 28 heavy (non-hydrogen) atoms. The Balaban J connectivity index is 1.60. The summed E-state index contributed by atoms with van der Waals surface area (Å²) in [5.74, 6) is 1.82. The van der Waals surface area contributed by atoms with Crippen LogP contribution in [0.15, 0.2) is 42.5 Å². The third-order valence-corrected chi connectivity index (χ3v) is 5.26. The second-order valence-electron chi connectivity index (χ2n) is 7.79. The van der Waals surface area contributed by atoms with Gasteiger partial charge in [-0.25, -0.2) is 9.78 Å². The van der Waals surface area contributed by atoms with Crippen LogP contribution in [-0.2, 0) is 11.3 Å². The predicted molar refractivity (Wildman–Crippen MR) is 121 cm³/mol. The molecular weight excluding hydrogens is 467 g/mol. The van der Waals surface area contributed by atoms with Gasteiger partial charge in [0, 0.05) is 32.7 Å². The summed E-state index contributed by atoms with van der Waals surface area (Å²) in [4.78, 5) is 21.0. The van der Waals surface area contributed by atoms with Crippen molar-refractivity contribution in [2.24, 2.45) is 0 Å². The second-order valence-corrected chi connectivity index (χ2v) is 8.96. The molecule has 0 aliphatic carbocycles. The molecule has 1 aliphatic heterocycles. The molecule has 1 fully saturated rings. The molecule has 1 amide bonds. The highest BCUT2D eigenvalue weighted by Gasteiger charge is 2.26. The number of anilines is 2. The molecule has 2 aromatic rings. The standard InChI is InChI=1S/C21H27IN4O2/c1-21(2,3)28-20(27)26-13-11-25(12-14-26)18-10-9-17(22)19(24-18)23-15-16-7-5-4-6-8-16/h4-10H,11-15H2,1-3H3,(H,23,24). The predicted octanol–water partition coefficient (Wildman–Crippen LogP) is 4.36. The highest BCUT2D eigenvalue weighted by molar-refractivity contribution is 14.1. The number of benzene rings is 1. The molecule has 1 aromatic carbocycles. The number of halogens is 1. The Kier molecular flexibility index (Phi) is 6.64. The minimum absolute atomic E-state index is 0.243. The van der Waals surface area contributed by atoms with E-state index in [-0.39, 0.29) is 6.09 Å². The quantitative estimate of drug-likeness (QED) is 0.641. The van der Waals surface area contributed by atoms with Gasteiger partial charge in [0.2, 0.25) is 0 Å². The minimum Gasteiger partial charge on any atom is -0.444 e. The Morgan fingerprint density at radius 3 is 2.43 bits per heavy atom. The van der Waals surface area contributed by atoms with E-state index in [1.807, 2.05) is 45.0 Å². The van der Waals surface area contributed by atoms with Crippen molar-refractivity contribution in [2.75, 3.05) is 36.4 Å². The topological polar surface area (TPSA) is 57.7 Å². The normalized spacial score (nSPS) is 14.7. The summed E-state index contributed by atoms with van der Waals surface area (Å²) in [5, 5.41) is 3.43. The number of nitrogens with one attached hydrogen (secondary N) is 1. The van der Waals surface area contributed by atoms with Crippen LogP contribution in [0, 0.1) is 3.57 Å². The van der Waals surface area contributed by atoms with Crippen molar-refractivity contribution in [1.82, 2.24) is 9.88 Å². The van der Waals surface area contributed by atoms with Crippen LogP contribution >= 0.6 is 22.6 Å². The monoisotopic (exact) mass is 494 g/mol. The molecule has 0 saturated carbocycles. The molecule has 1 aliphatic rings. The Hall–Kier alpha value is -2.03. The number of nitrogens with zero attached hydrogens (tertiary/aromatic N) is 3. The molecule has 1 aromatic heterocycles. The Bertz CT molecular complexity index is 800. The summed E-state index contributed by atoms with van der Waals surface area (Å²) < 4.78 is 6.56. The first-order valence-electron chi connectivity index (χ1n) is 9.49. The molecule has 0 unspecified atom stereocenters. The third-order valence-electron chi connectivity index (χ3n) is 4.39. The van der Waals surface area contributed by atoms with Gasteiger partial charge in [-0.2, -0.15) is 0 Å². The van der Waals surface area contributed by atoms with Crippen LogP contribution in [0.1, 0.15) is 26.3 Å². The van der Waals surface area contributed by atoms with Gasteiger partial charge in [-0.1, -0.05) is 30.3 Å². The smallest absolute Gasteiger partial charge is 0.410 e. The zero-order valence-corrected chi connectivity index (χ0v) is 18.8. The number of aromatic nitrogens is 1. The first-order chi connectivity index (χ1) is 13.3. The first kappa shape index (κ1) is 20.7. The molecule has 7 heteroatoms. The van der Waals surface area contributed by atoms with Crippen LogP contribution in [0.3, 0.4) is 0 Å². The molecule has 3 rings (SSSR count). The lowest BCUT2D eigenvalue weighted by Crippen LogP contribution is -2.50. The van der Waals surface area contributed by atoms with Gasteiger partial charge >= 0.3 is 6.09 Å². The van der Waals surface area contributed by atoms with E-state index >= 15 is 0 Å². The van der Waals surface area contributed by atoms with Crippen LogP contribution in [0.2, 0.25) is 0 Å². The minimum atomic E-state index is -0.467. The lowest BCUT2D eigenvalue weighted by atomic mass is 10.2. The fourth-order valence-corrected chi connectivity index (χ4v) is 3.45. The molecule has 150 valence electrons. The van der Waals surface area contributed by atoms with Crippen molar-refractivity contribution in [2.45, 2.75) is 32.9 Å². The lowest BCUT2D eigenvalue weighted by Gasteiger charge is -2.36. The number of piperazine rings is 1. The van der Waals surface area contributed by atoms with E-state index in [4.69, 9.17) is 9.72 Å². The van der Waals surface area contributed by atoms with Gasteiger partial charge in [0.25, 0.3) is 0 Å². The van der Waals surface area contributed by atoms with Crippen LogP contribution in [0.25, 0.3) is 0 Å². The Labute approximate surface area is 180 Å². The number of hydrogen-bond acceptors (Lipinski definition) is 5. The van der Waals surface area contributed by atoms with E-state index in [2.05, 4.69) is 51.0 Å². The highest BCUT2D eigenvalue weighted by Crippen LogP contribution is 2.23. The highest BCUT2D eigenvalue weighted by atomic mass is 127. The van der Waals surface area contributed by atoms with Gasteiger partial charge < -0.3 is 19.9 Å². The molecule has 0 atom stereocenters. The molecule has 2 heterocycles. The Morgan fingerprint density at radius 1 is 1.11 bits per heavy atom. The van der Waals surface area contributed by atoms with E-state index in [1.54, 1.807) is 4.90 Å². The van der Waals surface area contributed by atoms with Gasteiger partial charge in [-0.05, 0) is 61.1 Å². The van der Waals surface area contributed by atoms with Crippen molar-refractivity contribution in [1.29, 1.82) is 0 Å². The zero-order valence-electron chi connectivity index (χ0n) is 16.6. The largest absolute Gasteiger partial charge is 0.444 e. The molecule has 6 nitrogen and oxygen atoms in total. The van der Waals surface area contributed by atoms with Crippen molar-refractivity contribution in [3.05, 3.63) is 51.6 Å². The number of pyridine rings is 1. The number of hydrogen-bond donors (Lipinski definition) is 1. The first-order valence-corrected chi connectivity index (χ1v) is 10.6. The maximum absolute atomic E-state index is 12.2. The summed E-state index contributed by atoms with van der Waals surface area (Å²) in [6, 6.07) is 14.4. The summed E-state index contributed by atoms with van der Waals surface area (Å²) in [7, 11) is 0. The number of carbonyl (C=O) groups is 1. The molecule has 0 spiro atoms. The van der Waals surface area contributed by atoms with Crippen molar-refractivity contribution >= 4 is 40.3 Å². The van der Waals surface area contributed by atoms with E-state index < -0.39 is 5.60 Å². The van der Waals surface area contributed by atoms with Crippen LogP contribution in [0.4, 0.5) is 16.4 Å². The summed E-state index contributed by atoms with van der Waals surface area (Å²) in [5.41, 5.74) is 0.752. The molecular formula is C21H27IN4O2. The summed E-state index contributed by atoms with van der Waals surface area (Å²) in [6.07, 6.45) is -0.243. The van der Waals surface area contributed by atoms with Crippen LogP contribution in [0.5, 0.6) is 0 Å². The van der Waals surface area contributed by atoms with E-state index in [1.165, 1.54) is 5.56 Å². The third kappa shape index (κ3) is 5.73. The van der Waals surface area contributed by atoms with E-state index in [9.17, 15) is 4.79 Å². The average Bonchev–Trinajstić information content (AvgIpc) is 2.67. The molecule has 1 saturated heterocycles. The molecule has 1 N–H and O–H groups in total. The fraction of sp³-hybridized carbons (Fsp3) is 0.429. The maximum atomic E-state index is 12.2. The van der Waals surface area contributed by atoms with Gasteiger partial charge in [-0.3, -0.25) is 0 Å². The number of carbonyl (C=O) groups excluding carboxylic acids is 1. The number of amides is 1. The lowest BCUT2D eigenvalue weighted by molar-refractivity contribution is 0.0240. The van der Waals surface area contributed by atoms with E-state index in [0.29, 0.717) is 13.1 Å². The SMILES string of the molecule is CC(C)(C)OC(=O)N1CCN(c2ccc(I)c(NCc3ccccc3)n2)CC1. The van der Waals surface area contributed by atoms with Gasteiger partial charge in [0.15, 0.2) is 0 Å². The summed E-state index contributed by atoms with van der Waals surface area (Å²) >= 11 is 2.30. The van der Waals surface area contributed by atoms with Crippen molar-refractivity contribution < 1.29 is 9.53 Å². The van der Waals surface area contributed by atoms with Gasteiger partial charge in [0.05, 0.1) is 3.57 Å². The van der Waals surface area contributed by atoms with Gasteiger partial charge in [0.1, 0.15) is 17.2 Å². The van der Waals surface area contributed by atoms with E-state index in [0.717, 1.165) is 34.8 Å². The maximum Gasteiger partial charge on any atom is 0.410 e. The van der Waals surface area contributed by atoms with Crippen molar-refractivity contribution in [3.63, 3.8) is 0 Å². The van der Waals surface area contributed by atoms with Gasteiger partial charge in [-0.15, -0.1) is 0 Å². The molecule has 0 bridgehead atoms. The van der Waals surface area contributed by atoms with Crippen LogP contribution < -0.4 is 10.2 Å². The number of ether oxygens (including phenoxy) is 1.